The normalized spacial score (nSPS) is 15.6. The molecule has 0 unspecified atom stereocenters. The lowest BCUT2D eigenvalue weighted by atomic mass is 9.93. The van der Waals surface area contributed by atoms with Gasteiger partial charge in [-0.1, -0.05) is 6.42 Å². The van der Waals surface area contributed by atoms with Gasteiger partial charge in [-0.15, -0.1) is 0 Å². The molecule has 1 aromatic rings. The van der Waals surface area contributed by atoms with E-state index in [0.717, 1.165) is 23.7 Å². The fourth-order valence-electron chi connectivity index (χ4n) is 1.83. The van der Waals surface area contributed by atoms with Crippen molar-refractivity contribution in [1.82, 2.24) is 10.3 Å². The maximum atomic E-state index is 5.32. The third-order valence-electron chi connectivity index (χ3n) is 3.03. The Morgan fingerprint density at radius 1 is 1.38 bits per heavy atom. The van der Waals surface area contributed by atoms with Crippen LogP contribution in [0.3, 0.4) is 0 Å². The van der Waals surface area contributed by atoms with Gasteiger partial charge in [0, 0.05) is 24.8 Å². The first-order chi connectivity index (χ1) is 7.85. The van der Waals surface area contributed by atoms with E-state index >= 15 is 0 Å². The third-order valence-corrected chi connectivity index (χ3v) is 3.03. The van der Waals surface area contributed by atoms with E-state index in [4.69, 9.17) is 9.47 Å². The van der Waals surface area contributed by atoms with Crippen molar-refractivity contribution in [2.45, 2.75) is 31.8 Å². The van der Waals surface area contributed by atoms with Gasteiger partial charge in [-0.25, -0.2) is 0 Å². The molecule has 2 rings (SSSR count). The lowest BCUT2D eigenvalue weighted by Gasteiger charge is -2.26. The fraction of sp³-hybridized carbons (Fsp3) is 0.583. The highest BCUT2D eigenvalue weighted by atomic mass is 16.5. The molecule has 0 spiro atoms. The van der Waals surface area contributed by atoms with Crippen molar-refractivity contribution in [1.29, 1.82) is 0 Å². The zero-order chi connectivity index (χ0) is 11.4. The van der Waals surface area contributed by atoms with Crippen molar-refractivity contribution < 1.29 is 9.47 Å². The third kappa shape index (κ3) is 2.27. The maximum absolute atomic E-state index is 5.32. The number of nitrogens with zero attached hydrogens (tertiary/aromatic N) is 1. The molecule has 1 aromatic heterocycles. The second kappa shape index (κ2) is 5.16. The van der Waals surface area contributed by atoms with E-state index in [1.807, 2.05) is 6.07 Å². The highest BCUT2D eigenvalue weighted by molar-refractivity contribution is 5.42. The highest BCUT2D eigenvalue weighted by Gasteiger charge is 2.18. The van der Waals surface area contributed by atoms with E-state index < -0.39 is 0 Å². The molecule has 0 amide bonds. The van der Waals surface area contributed by atoms with Gasteiger partial charge in [0.1, 0.15) is 0 Å². The summed E-state index contributed by atoms with van der Waals surface area (Å²) in [4.78, 5) is 4.32. The summed E-state index contributed by atoms with van der Waals surface area (Å²) < 4.78 is 10.6. The molecular weight excluding hydrogens is 204 g/mol. The molecule has 1 heterocycles. The smallest absolute Gasteiger partial charge is 0.183 e. The number of ether oxygens (including phenoxy) is 2. The van der Waals surface area contributed by atoms with Crippen LogP contribution in [0.15, 0.2) is 12.3 Å². The Morgan fingerprint density at radius 3 is 2.75 bits per heavy atom. The molecule has 0 saturated heterocycles. The Bertz CT molecular complexity index is 351. The summed E-state index contributed by atoms with van der Waals surface area (Å²) in [6.07, 6.45) is 5.62. The molecule has 1 fully saturated rings. The molecule has 0 atom stereocenters. The van der Waals surface area contributed by atoms with Crippen LogP contribution in [0.25, 0.3) is 0 Å². The van der Waals surface area contributed by atoms with E-state index in [-0.39, 0.29) is 0 Å². The first-order valence-electron chi connectivity index (χ1n) is 5.64. The molecule has 0 aromatic carbocycles. The largest absolute Gasteiger partial charge is 0.493 e. The summed E-state index contributed by atoms with van der Waals surface area (Å²) in [5, 5.41) is 3.46. The Kier molecular flexibility index (Phi) is 3.62. The Hall–Kier alpha value is -1.29. The molecule has 0 radical (unpaired) electrons. The van der Waals surface area contributed by atoms with E-state index in [1.54, 1.807) is 20.4 Å². The van der Waals surface area contributed by atoms with Gasteiger partial charge in [-0.05, 0) is 12.8 Å². The molecule has 1 aliphatic carbocycles. The number of pyridine rings is 1. The zero-order valence-electron chi connectivity index (χ0n) is 9.82. The summed E-state index contributed by atoms with van der Waals surface area (Å²) in [7, 11) is 3.29. The molecule has 4 nitrogen and oxygen atoms in total. The average molecular weight is 222 g/mol. The Labute approximate surface area is 96.0 Å². The predicted molar refractivity (Wildman–Crippen MR) is 61.8 cm³/mol. The molecule has 16 heavy (non-hydrogen) atoms. The van der Waals surface area contributed by atoms with Gasteiger partial charge in [-0.2, -0.15) is 0 Å². The van der Waals surface area contributed by atoms with Gasteiger partial charge in [-0.3, -0.25) is 4.98 Å². The van der Waals surface area contributed by atoms with Crippen LogP contribution in [0.2, 0.25) is 0 Å². The average Bonchev–Trinajstić information content (AvgIpc) is 2.26. The minimum Gasteiger partial charge on any atom is -0.493 e. The number of aromatic nitrogens is 1. The summed E-state index contributed by atoms with van der Waals surface area (Å²) in [5.41, 5.74) is 0.911. The van der Waals surface area contributed by atoms with Gasteiger partial charge in [0.15, 0.2) is 11.5 Å². The van der Waals surface area contributed by atoms with Gasteiger partial charge in [0.25, 0.3) is 0 Å². The van der Waals surface area contributed by atoms with Crippen LogP contribution in [0.1, 0.15) is 25.0 Å². The molecular formula is C12H18N2O2. The van der Waals surface area contributed by atoms with Crippen molar-refractivity contribution in [3.05, 3.63) is 18.0 Å². The van der Waals surface area contributed by atoms with Crippen LogP contribution in [0, 0.1) is 0 Å². The predicted octanol–water partition coefficient (Wildman–Crippen LogP) is 1.74. The van der Waals surface area contributed by atoms with E-state index in [2.05, 4.69) is 10.3 Å². The summed E-state index contributed by atoms with van der Waals surface area (Å²) in [5.74, 6) is 1.47. The van der Waals surface area contributed by atoms with Gasteiger partial charge >= 0.3 is 0 Å². The number of hydrogen-bond acceptors (Lipinski definition) is 4. The molecule has 0 bridgehead atoms. The Balaban J connectivity index is 2.05. The standard InChI is InChI=1S/C12H18N2O2/c1-15-11-6-7-13-10(12(11)16-2)8-14-9-4-3-5-9/h6-7,9,14H,3-5,8H2,1-2H3. The minimum absolute atomic E-state index is 0.651. The maximum Gasteiger partial charge on any atom is 0.183 e. The van der Waals surface area contributed by atoms with Crippen molar-refractivity contribution in [2.75, 3.05) is 14.2 Å². The van der Waals surface area contributed by atoms with Gasteiger partial charge < -0.3 is 14.8 Å². The summed E-state index contributed by atoms with van der Waals surface area (Å²) >= 11 is 0. The second-order valence-electron chi connectivity index (χ2n) is 4.00. The second-order valence-corrected chi connectivity index (χ2v) is 4.00. The van der Waals surface area contributed by atoms with E-state index in [9.17, 15) is 0 Å². The number of methoxy groups -OCH3 is 2. The van der Waals surface area contributed by atoms with Gasteiger partial charge in [0.2, 0.25) is 0 Å². The van der Waals surface area contributed by atoms with Crippen LogP contribution >= 0.6 is 0 Å². The minimum atomic E-state index is 0.651. The van der Waals surface area contributed by atoms with Crippen LogP contribution in [0.5, 0.6) is 11.5 Å². The van der Waals surface area contributed by atoms with Crippen LogP contribution in [-0.4, -0.2) is 25.2 Å². The van der Waals surface area contributed by atoms with Crippen molar-refractivity contribution in [3.63, 3.8) is 0 Å². The van der Waals surface area contributed by atoms with Crippen molar-refractivity contribution >= 4 is 0 Å². The Morgan fingerprint density at radius 2 is 2.19 bits per heavy atom. The molecule has 1 aliphatic rings. The first kappa shape index (κ1) is 11.2. The lowest BCUT2D eigenvalue weighted by molar-refractivity contribution is 0.324. The van der Waals surface area contributed by atoms with Crippen LogP contribution in [0.4, 0.5) is 0 Å². The van der Waals surface area contributed by atoms with Gasteiger partial charge in [0.05, 0.1) is 19.9 Å². The van der Waals surface area contributed by atoms with E-state index in [1.165, 1.54) is 19.3 Å². The molecule has 0 aliphatic heterocycles. The van der Waals surface area contributed by atoms with Crippen LogP contribution in [-0.2, 0) is 6.54 Å². The zero-order valence-corrected chi connectivity index (χ0v) is 9.82. The monoisotopic (exact) mass is 222 g/mol. The highest BCUT2D eigenvalue weighted by Crippen LogP contribution is 2.29. The molecule has 4 heteroatoms. The van der Waals surface area contributed by atoms with Crippen molar-refractivity contribution in [2.24, 2.45) is 0 Å². The molecule has 1 saturated carbocycles. The number of rotatable bonds is 5. The summed E-state index contributed by atoms with van der Waals surface area (Å²) in [6.45, 7) is 0.741. The first-order valence-corrected chi connectivity index (χ1v) is 5.64. The molecule has 1 N–H and O–H groups in total. The summed E-state index contributed by atoms with van der Waals surface area (Å²) in [6, 6.07) is 2.46. The number of nitrogens with one attached hydrogen (secondary N) is 1. The van der Waals surface area contributed by atoms with E-state index in [0.29, 0.717) is 6.04 Å². The lowest BCUT2D eigenvalue weighted by Crippen LogP contribution is -2.34. The van der Waals surface area contributed by atoms with Crippen LogP contribution < -0.4 is 14.8 Å². The quantitative estimate of drug-likeness (QED) is 0.824. The topological polar surface area (TPSA) is 43.4 Å². The number of hydrogen-bond donors (Lipinski definition) is 1. The van der Waals surface area contributed by atoms with Crippen molar-refractivity contribution in [3.8, 4) is 11.5 Å². The fourth-order valence-corrected chi connectivity index (χ4v) is 1.83. The SMILES string of the molecule is COc1ccnc(CNC2CCC2)c1OC. The molecule has 88 valence electrons.